The van der Waals surface area contributed by atoms with Gasteiger partial charge in [-0.15, -0.1) is 0 Å². The molecule has 1 spiro atoms. The lowest BCUT2D eigenvalue weighted by molar-refractivity contribution is 0.0570. The molecule has 10 heteroatoms. The number of rotatable bonds is 3. The number of benzene rings is 1. The highest BCUT2D eigenvalue weighted by Crippen LogP contribution is 2.43. The molecule has 0 saturated carbocycles. The van der Waals surface area contributed by atoms with Gasteiger partial charge in [-0.05, 0) is 63.8 Å². The molecule has 3 N–H and O–H groups in total. The Morgan fingerprint density at radius 3 is 2.63 bits per heavy atom. The molecule has 2 amide bonds. The summed E-state index contributed by atoms with van der Waals surface area (Å²) in [5.74, 6) is -3.73. The van der Waals surface area contributed by atoms with Gasteiger partial charge < -0.3 is 25.2 Å². The summed E-state index contributed by atoms with van der Waals surface area (Å²) in [6.07, 6.45) is 4.72. The third-order valence-corrected chi connectivity index (χ3v) is 7.79. The number of nitrogens with one attached hydrogen (secondary N) is 2. The minimum absolute atomic E-state index is 0.0581. The smallest absolute Gasteiger partial charge is 0.274 e. The maximum absolute atomic E-state index is 14.2. The van der Waals surface area contributed by atoms with E-state index in [0.29, 0.717) is 12.1 Å². The highest BCUT2D eigenvalue weighted by atomic mass is 19.1. The molecule has 0 aliphatic carbocycles. The van der Waals surface area contributed by atoms with Crippen LogP contribution in [0.1, 0.15) is 70.6 Å². The van der Waals surface area contributed by atoms with Crippen molar-refractivity contribution in [1.82, 2.24) is 20.1 Å². The average molecular weight is 487 g/mol. The third-order valence-electron chi connectivity index (χ3n) is 7.79. The first kappa shape index (κ1) is 23.5. The van der Waals surface area contributed by atoms with Crippen LogP contribution in [0.4, 0.5) is 8.78 Å². The molecule has 2 fully saturated rings. The molecule has 4 heterocycles. The van der Waals surface area contributed by atoms with Crippen LogP contribution in [-0.4, -0.2) is 51.1 Å². The van der Waals surface area contributed by atoms with Crippen molar-refractivity contribution in [2.45, 2.75) is 63.7 Å². The van der Waals surface area contributed by atoms with Gasteiger partial charge in [-0.1, -0.05) is 0 Å². The number of aromatic hydroxyl groups is 1. The Morgan fingerprint density at radius 1 is 1.26 bits per heavy atom. The van der Waals surface area contributed by atoms with Crippen LogP contribution in [0.3, 0.4) is 0 Å². The maximum atomic E-state index is 14.2. The summed E-state index contributed by atoms with van der Waals surface area (Å²) in [5, 5.41) is 16.8. The Hall–Kier alpha value is -3.27. The monoisotopic (exact) mass is 486 g/mol. The van der Waals surface area contributed by atoms with Gasteiger partial charge in [0.05, 0.1) is 6.04 Å². The van der Waals surface area contributed by atoms with Crippen LogP contribution in [0, 0.1) is 18.6 Å². The number of amides is 2. The van der Waals surface area contributed by atoms with Crippen LogP contribution in [0.25, 0.3) is 0 Å². The molecule has 2 aromatic rings. The summed E-state index contributed by atoms with van der Waals surface area (Å²) in [6, 6.07) is 1.97. The van der Waals surface area contributed by atoms with Crippen LogP contribution in [-0.2, 0) is 6.54 Å². The largest absolute Gasteiger partial charge is 0.503 e. The van der Waals surface area contributed by atoms with Crippen molar-refractivity contribution in [3.8, 4) is 5.75 Å². The second-order valence-electron chi connectivity index (χ2n) is 9.91. The molecule has 1 aromatic heterocycles. The van der Waals surface area contributed by atoms with Crippen molar-refractivity contribution in [3.05, 3.63) is 62.6 Å². The zero-order valence-electron chi connectivity index (χ0n) is 19.7. The fourth-order valence-electron chi connectivity index (χ4n) is 5.83. The predicted octanol–water partition coefficient (Wildman–Crippen LogP) is 2.37. The SMILES string of the molecule is Cc1cc(F)c(CNC(=O)c2cn3c(c(O)c2=O)C(=O)N2C[C@@H]3[C@@]3(CCCN3)CC[C@@H]2C)c(F)c1. The predicted molar refractivity (Wildman–Crippen MR) is 123 cm³/mol. The van der Waals surface area contributed by atoms with Gasteiger partial charge in [0.15, 0.2) is 11.4 Å². The molecular weight excluding hydrogens is 458 g/mol. The van der Waals surface area contributed by atoms with E-state index in [4.69, 9.17) is 0 Å². The number of hydrogen-bond donors (Lipinski definition) is 3. The number of carbonyl (C=O) groups is 2. The van der Waals surface area contributed by atoms with Crippen LogP contribution in [0.15, 0.2) is 23.1 Å². The molecule has 2 bridgehead atoms. The minimum Gasteiger partial charge on any atom is -0.503 e. The number of pyridine rings is 1. The summed E-state index contributed by atoms with van der Waals surface area (Å²) in [6.45, 7) is 4.25. The Morgan fingerprint density at radius 2 is 1.97 bits per heavy atom. The van der Waals surface area contributed by atoms with E-state index < -0.39 is 41.2 Å². The van der Waals surface area contributed by atoms with E-state index in [1.54, 1.807) is 16.4 Å². The molecule has 3 aliphatic rings. The summed E-state index contributed by atoms with van der Waals surface area (Å²) >= 11 is 0. The second kappa shape index (κ2) is 8.44. The first-order valence-corrected chi connectivity index (χ1v) is 11.9. The number of hydrogen-bond acceptors (Lipinski definition) is 5. The van der Waals surface area contributed by atoms with Crippen molar-refractivity contribution < 1.29 is 23.5 Å². The lowest BCUT2D eigenvalue weighted by Gasteiger charge is -2.43. The van der Waals surface area contributed by atoms with Gasteiger partial charge in [0.25, 0.3) is 11.8 Å². The normalized spacial score (nSPS) is 25.5. The Labute approximate surface area is 200 Å². The zero-order chi connectivity index (χ0) is 25.1. The van der Waals surface area contributed by atoms with Crippen molar-refractivity contribution in [2.75, 3.05) is 13.1 Å². The zero-order valence-corrected chi connectivity index (χ0v) is 19.7. The standard InChI is InChI=1S/C25H28F2N4O4/c1-13-8-17(26)15(18(27)9-13)10-28-23(34)16-11-31-19-12-30(24(35)20(31)22(33)21(16)32)14(2)4-6-25(19)5-3-7-29-25/h8-9,11,14,19,29,33H,3-7,10,12H2,1-2H3,(H,28,34)/t14-,19+,25+/m0/s1. The third kappa shape index (κ3) is 3.71. The lowest BCUT2D eigenvalue weighted by atomic mass is 9.83. The molecule has 3 atom stereocenters. The molecule has 35 heavy (non-hydrogen) atoms. The summed E-state index contributed by atoms with van der Waals surface area (Å²) in [7, 11) is 0. The number of fused-ring (bicyclic) bond motifs is 5. The second-order valence-corrected chi connectivity index (χ2v) is 9.91. The van der Waals surface area contributed by atoms with E-state index in [1.165, 1.54) is 6.20 Å². The van der Waals surface area contributed by atoms with E-state index >= 15 is 0 Å². The highest BCUT2D eigenvalue weighted by Gasteiger charge is 2.50. The van der Waals surface area contributed by atoms with Crippen molar-refractivity contribution in [2.24, 2.45) is 0 Å². The van der Waals surface area contributed by atoms with E-state index in [9.17, 15) is 28.3 Å². The fraction of sp³-hybridized carbons (Fsp3) is 0.480. The van der Waals surface area contributed by atoms with Crippen molar-refractivity contribution in [1.29, 1.82) is 0 Å². The van der Waals surface area contributed by atoms with Gasteiger partial charge in [0, 0.05) is 36.4 Å². The van der Waals surface area contributed by atoms with E-state index in [-0.39, 0.29) is 34.4 Å². The minimum atomic E-state index is -0.993. The van der Waals surface area contributed by atoms with Gasteiger partial charge in [0.2, 0.25) is 5.43 Å². The van der Waals surface area contributed by atoms with Gasteiger partial charge in [-0.3, -0.25) is 14.4 Å². The van der Waals surface area contributed by atoms with Gasteiger partial charge in [0.1, 0.15) is 17.2 Å². The van der Waals surface area contributed by atoms with E-state index in [0.717, 1.165) is 44.4 Å². The number of nitrogens with zero attached hydrogens (tertiary/aromatic N) is 2. The fourth-order valence-corrected chi connectivity index (χ4v) is 5.83. The van der Waals surface area contributed by atoms with Crippen LogP contribution < -0.4 is 16.1 Å². The maximum Gasteiger partial charge on any atom is 0.274 e. The summed E-state index contributed by atoms with van der Waals surface area (Å²) in [5.41, 5.74) is -1.76. The molecule has 0 radical (unpaired) electrons. The molecule has 0 unspecified atom stereocenters. The molecule has 5 rings (SSSR count). The van der Waals surface area contributed by atoms with Crippen LogP contribution in [0.5, 0.6) is 5.75 Å². The number of aryl methyl sites for hydroxylation is 1. The van der Waals surface area contributed by atoms with E-state index in [2.05, 4.69) is 10.6 Å². The molecule has 3 aliphatic heterocycles. The molecular formula is C25H28F2N4O4. The molecule has 186 valence electrons. The first-order chi connectivity index (χ1) is 16.6. The van der Waals surface area contributed by atoms with Gasteiger partial charge in [-0.25, -0.2) is 8.78 Å². The Balaban J connectivity index is 1.54. The van der Waals surface area contributed by atoms with Crippen LogP contribution in [0.2, 0.25) is 0 Å². The Kier molecular flexibility index (Phi) is 5.66. The lowest BCUT2D eigenvalue weighted by Crippen LogP contribution is -2.55. The molecule has 1 aromatic carbocycles. The number of aromatic nitrogens is 1. The quantitative estimate of drug-likeness (QED) is 0.618. The average Bonchev–Trinajstić information content (AvgIpc) is 3.24. The number of carbonyl (C=O) groups excluding carboxylic acids is 2. The van der Waals surface area contributed by atoms with Crippen molar-refractivity contribution in [3.63, 3.8) is 0 Å². The van der Waals surface area contributed by atoms with Crippen LogP contribution >= 0.6 is 0 Å². The van der Waals surface area contributed by atoms with E-state index in [1.807, 2.05) is 6.92 Å². The first-order valence-electron chi connectivity index (χ1n) is 11.9. The van der Waals surface area contributed by atoms with Gasteiger partial charge in [-0.2, -0.15) is 0 Å². The topological polar surface area (TPSA) is 104 Å². The van der Waals surface area contributed by atoms with Crippen molar-refractivity contribution >= 4 is 11.8 Å². The highest BCUT2D eigenvalue weighted by molar-refractivity contribution is 5.99. The van der Waals surface area contributed by atoms with Gasteiger partial charge >= 0.3 is 0 Å². The Bertz CT molecular complexity index is 1260. The molecule has 8 nitrogen and oxygen atoms in total. The molecule has 2 saturated heterocycles. The summed E-state index contributed by atoms with van der Waals surface area (Å²) < 4.78 is 30.0. The summed E-state index contributed by atoms with van der Waals surface area (Å²) in [4.78, 5) is 40.9. The number of halogens is 2.